The van der Waals surface area contributed by atoms with E-state index < -0.39 is 0 Å². The van der Waals surface area contributed by atoms with Crippen molar-refractivity contribution in [2.24, 2.45) is 0 Å². The molecule has 0 saturated heterocycles. The number of nitrogens with one attached hydrogen (secondary N) is 1. The van der Waals surface area contributed by atoms with Gasteiger partial charge in [0.2, 0.25) is 5.91 Å². The summed E-state index contributed by atoms with van der Waals surface area (Å²) in [4.78, 5) is 24.1. The molecule has 15 heavy (non-hydrogen) atoms. The number of rotatable bonds is 3. The van der Waals surface area contributed by atoms with Crippen LogP contribution in [0.25, 0.3) is 0 Å². The molecule has 6 heteroatoms. The first kappa shape index (κ1) is 11.8. The van der Waals surface area contributed by atoms with E-state index in [0.717, 1.165) is 0 Å². The Kier molecular flexibility index (Phi) is 3.90. The molecule has 1 rings (SSSR count). The minimum absolute atomic E-state index is 0.0208. The summed E-state index contributed by atoms with van der Waals surface area (Å²) in [6.07, 6.45) is 1.41. The van der Waals surface area contributed by atoms with Crippen LogP contribution in [0.15, 0.2) is 21.4 Å². The van der Waals surface area contributed by atoms with Crippen molar-refractivity contribution in [2.75, 3.05) is 20.6 Å². The maximum atomic E-state index is 11.7. The molecule has 1 heterocycles. The van der Waals surface area contributed by atoms with Crippen LogP contribution in [0.4, 0.5) is 0 Å². The minimum atomic E-state index is -0.265. The fourth-order valence-corrected chi connectivity index (χ4v) is 1.43. The van der Waals surface area contributed by atoms with Crippen LogP contribution in [0, 0.1) is 0 Å². The first-order chi connectivity index (χ1) is 7.06. The van der Waals surface area contributed by atoms with Gasteiger partial charge in [0.1, 0.15) is 0 Å². The largest absolute Gasteiger partial charge is 0.457 e. The molecule has 0 aliphatic rings. The fraction of sp³-hybridized carbons (Fsp3) is 0.333. The van der Waals surface area contributed by atoms with E-state index in [1.54, 1.807) is 13.1 Å². The van der Waals surface area contributed by atoms with Crippen LogP contribution in [0.3, 0.4) is 0 Å². The van der Waals surface area contributed by atoms with Crippen LogP contribution in [-0.4, -0.2) is 37.4 Å². The molecular formula is C9H11BrN2O3. The van der Waals surface area contributed by atoms with Crippen LogP contribution in [0.5, 0.6) is 0 Å². The molecule has 0 saturated carbocycles. The Balaban J connectivity index is 2.69. The number of nitrogens with zero attached hydrogens (tertiary/aromatic N) is 1. The van der Waals surface area contributed by atoms with Crippen LogP contribution >= 0.6 is 15.9 Å². The Morgan fingerprint density at radius 3 is 2.73 bits per heavy atom. The second kappa shape index (κ2) is 4.97. The number of hydrogen-bond donors (Lipinski definition) is 1. The average Bonchev–Trinajstić information content (AvgIpc) is 2.63. The van der Waals surface area contributed by atoms with Crippen molar-refractivity contribution in [1.82, 2.24) is 10.2 Å². The Morgan fingerprint density at radius 2 is 2.27 bits per heavy atom. The standard InChI is InChI=1S/C9H11BrN2O3/c1-11-7(13)5-12(2)9(14)6-3-4-15-8(6)10/h3-4H,5H2,1-2H3,(H,11,13). The van der Waals surface area contributed by atoms with Crippen molar-refractivity contribution < 1.29 is 14.0 Å². The smallest absolute Gasteiger partial charge is 0.258 e. The monoisotopic (exact) mass is 274 g/mol. The van der Waals surface area contributed by atoms with Crippen LogP contribution in [0.2, 0.25) is 0 Å². The van der Waals surface area contributed by atoms with E-state index in [2.05, 4.69) is 21.2 Å². The highest BCUT2D eigenvalue weighted by Crippen LogP contribution is 2.18. The van der Waals surface area contributed by atoms with Crippen molar-refractivity contribution in [3.05, 3.63) is 22.6 Å². The van der Waals surface area contributed by atoms with Gasteiger partial charge in [-0.1, -0.05) is 0 Å². The van der Waals surface area contributed by atoms with E-state index in [-0.39, 0.29) is 18.4 Å². The molecule has 5 nitrogen and oxygen atoms in total. The van der Waals surface area contributed by atoms with E-state index in [0.29, 0.717) is 10.2 Å². The Morgan fingerprint density at radius 1 is 1.60 bits per heavy atom. The lowest BCUT2D eigenvalue weighted by Gasteiger charge is -2.14. The predicted molar refractivity (Wildman–Crippen MR) is 57.4 cm³/mol. The molecule has 0 aliphatic heterocycles. The van der Waals surface area contributed by atoms with E-state index in [1.165, 1.54) is 18.2 Å². The molecule has 0 bridgehead atoms. The van der Waals surface area contributed by atoms with E-state index in [9.17, 15) is 9.59 Å². The fourth-order valence-electron chi connectivity index (χ4n) is 1.02. The van der Waals surface area contributed by atoms with Crippen molar-refractivity contribution in [3.8, 4) is 0 Å². The summed E-state index contributed by atoms with van der Waals surface area (Å²) < 4.78 is 5.31. The first-order valence-electron chi connectivity index (χ1n) is 4.25. The number of amides is 2. The molecule has 0 aliphatic carbocycles. The highest BCUT2D eigenvalue weighted by atomic mass is 79.9. The third kappa shape index (κ3) is 2.82. The number of hydrogen-bond acceptors (Lipinski definition) is 3. The van der Waals surface area contributed by atoms with Crippen molar-refractivity contribution >= 4 is 27.7 Å². The van der Waals surface area contributed by atoms with E-state index in [1.807, 2.05) is 0 Å². The van der Waals surface area contributed by atoms with Crippen molar-refractivity contribution in [2.45, 2.75) is 0 Å². The van der Waals surface area contributed by atoms with E-state index in [4.69, 9.17) is 4.42 Å². The molecule has 0 unspecified atom stereocenters. The normalized spacial score (nSPS) is 9.80. The van der Waals surface area contributed by atoms with Crippen LogP contribution < -0.4 is 5.32 Å². The van der Waals surface area contributed by atoms with Crippen molar-refractivity contribution in [3.63, 3.8) is 0 Å². The summed E-state index contributed by atoms with van der Waals surface area (Å²) in [7, 11) is 3.07. The Bertz CT molecular complexity index is 375. The average molecular weight is 275 g/mol. The first-order valence-corrected chi connectivity index (χ1v) is 5.04. The lowest BCUT2D eigenvalue weighted by atomic mass is 10.3. The molecular weight excluding hydrogens is 264 g/mol. The Labute approximate surface area is 95.6 Å². The second-order valence-electron chi connectivity index (χ2n) is 2.94. The van der Waals surface area contributed by atoms with Crippen molar-refractivity contribution in [1.29, 1.82) is 0 Å². The maximum absolute atomic E-state index is 11.7. The third-order valence-corrected chi connectivity index (χ3v) is 2.47. The van der Waals surface area contributed by atoms with Crippen LogP contribution in [0.1, 0.15) is 10.4 Å². The predicted octanol–water partition coefficient (Wildman–Crippen LogP) is 0.860. The molecule has 2 amide bonds. The molecule has 0 atom stereocenters. The number of halogens is 1. The zero-order valence-corrected chi connectivity index (χ0v) is 10.00. The lowest BCUT2D eigenvalue weighted by Crippen LogP contribution is -2.36. The quantitative estimate of drug-likeness (QED) is 0.890. The number of carbonyl (C=O) groups excluding carboxylic acids is 2. The number of carbonyl (C=O) groups is 2. The molecule has 0 spiro atoms. The number of furan rings is 1. The SMILES string of the molecule is CNC(=O)CN(C)C(=O)c1ccoc1Br. The van der Waals surface area contributed by atoms with Gasteiger partial charge in [-0.05, 0) is 22.0 Å². The van der Waals surface area contributed by atoms with Gasteiger partial charge >= 0.3 is 0 Å². The summed E-state index contributed by atoms with van der Waals surface area (Å²) in [5.41, 5.74) is 0.404. The molecule has 0 radical (unpaired) electrons. The van der Waals surface area contributed by atoms with Crippen LogP contribution in [-0.2, 0) is 4.79 Å². The molecule has 0 fully saturated rings. The van der Waals surface area contributed by atoms with Gasteiger partial charge in [0.05, 0.1) is 18.4 Å². The highest BCUT2D eigenvalue weighted by molar-refractivity contribution is 9.10. The van der Waals surface area contributed by atoms with Gasteiger partial charge in [-0.25, -0.2) is 0 Å². The summed E-state index contributed by atoms with van der Waals surface area (Å²) in [5, 5.41) is 2.44. The van der Waals surface area contributed by atoms with Gasteiger partial charge < -0.3 is 14.6 Å². The van der Waals surface area contributed by atoms with Gasteiger partial charge in [0.25, 0.3) is 5.91 Å². The summed E-state index contributed by atoms with van der Waals surface area (Å²) in [5.74, 6) is -0.482. The molecule has 82 valence electrons. The summed E-state index contributed by atoms with van der Waals surface area (Å²) >= 11 is 3.10. The van der Waals surface area contributed by atoms with Gasteiger partial charge in [0.15, 0.2) is 4.67 Å². The van der Waals surface area contributed by atoms with Gasteiger partial charge in [0, 0.05) is 14.1 Å². The zero-order chi connectivity index (χ0) is 11.4. The molecule has 1 aromatic rings. The summed E-state index contributed by atoms with van der Waals surface area (Å²) in [6, 6.07) is 1.55. The molecule has 0 aromatic carbocycles. The van der Waals surface area contributed by atoms with Gasteiger partial charge in [-0.15, -0.1) is 0 Å². The lowest BCUT2D eigenvalue weighted by molar-refractivity contribution is -0.121. The molecule has 1 N–H and O–H groups in total. The third-order valence-electron chi connectivity index (χ3n) is 1.85. The maximum Gasteiger partial charge on any atom is 0.258 e. The number of likely N-dealkylation sites (N-methyl/N-ethyl adjacent to an activating group) is 2. The molecule has 1 aromatic heterocycles. The zero-order valence-electron chi connectivity index (χ0n) is 8.41. The van der Waals surface area contributed by atoms with Gasteiger partial charge in [-0.2, -0.15) is 0 Å². The topological polar surface area (TPSA) is 62.6 Å². The second-order valence-corrected chi connectivity index (χ2v) is 3.66. The van der Waals surface area contributed by atoms with Gasteiger partial charge in [-0.3, -0.25) is 9.59 Å². The summed E-state index contributed by atoms with van der Waals surface area (Å²) in [6.45, 7) is 0.0208. The van der Waals surface area contributed by atoms with E-state index >= 15 is 0 Å². The minimum Gasteiger partial charge on any atom is -0.457 e. The Hall–Kier alpha value is -1.30. The highest BCUT2D eigenvalue weighted by Gasteiger charge is 2.18.